The number of nitrogens with zero attached hydrogens (tertiary/aromatic N) is 5. The van der Waals surface area contributed by atoms with Crippen molar-refractivity contribution in [2.75, 3.05) is 6.54 Å². The van der Waals surface area contributed by atoms with Crippen molar-refractivity contribution in [2.24, 2.45) is 0 Å². The Labute approximate surface area is 146 Å². The molecule has 4 rings (SSSR count). The molecule has 6 heteroatoms. The normalized spacial score (nSPS) is 13.4. The Morgan fingerprint density at radius 3 is 2.88 bits per heavy atom. The van der Waals surface area contributed by atoms with E-state index in [4.69, 9.17) is 0 Å². The Bertz CT molecular complexity index is 932. The lowest BCUT2D eigenvalue weighted by atomic mass is 10.0. The summed E-state index contributed by atoms with van der Waals surface area (Å²) in [6.07, 6.45) is 4.46. The molecule has 0 N–H and O–H groups in total. The number of amides is 1. The van der Waals surface area contributed by atoms with Crippen LogP contribution in [0.1, 0.15) is 35.0 Å². The van der Waals surface area contributed by atoms with E-state index in [2.05, 4.69) is 28.3 Å². The molecule has 0 saturated heterocycles. The molecule has 0 fully saturated rings. The molecular formula is C19H19N5O. The number of benzene rings is 1. The van der Waals surface area contributed by atoms with E-state index in [0.29, 0.717) is 6.54 Å². The monoisotopic (exact) mass is 333 g/mol. The molecule has 25 heavy (non-hydrogen) atoms. The number of hydrogen-bond donors (Lipinski definition) is 0. The zero-order valence-electron chi connectivity index (χ0n) is 14.3. The Morgan fingerprint density at radius 2 is 2.12 bits per heavy atom. The highest BCUT2D eigenvalue weighted by atomic mass is 16.2. The molecule has 1 aliphatic heterocycles. The number of rotatable bonds is 4. The van der Waals surface area contributed by atoms with Crippen LogP contribution in [0.25, 0.3) is 16.9 Å². The molecule has 126 valence electrons. The maximum absolute atomic E-state index is 12.4. The van der Waals surface area contributed by atoms with Gasteiger partial charge in [-0.1, -0.05) is 18.2 Å². The highest BCUT2D eigenvalue weighted by molar-refractivity contribution is 5.99. The smallest absolute Gasteiger partial charge is 0.254 e. The van der Waals surface area contributed by atoms with Crippen LogP contribution in [0, 0.1) is 6.92 Å². The van der Waals surface area contributed by atoms with Crippen molar-refractivity contribution in [3.8, 4) is 16.9 Å². The third kappa shape index (κ3) is 2.59. The van der Waals surface area contributed by atoms with Gasteiger partial charge in [-0.05, 0) is 43.2 Å². The molecule has 0 spiro atoms. The van der Waals surface area contributed by atoms with Crippen LogP contribution in [-0.4, -0.2) is 37.3 Å². The van der Waals surface area contributed by atoms with E-state index in [1.807, 2.05) is 36.1 Å². The SMILES string of the molecule is CCCN1Cc2cc(-c3nnn(-c4cccnc4)c3C)ccc2C1=O. The van der Waals surface area contributed by atoms with Crippen molar-refractivity contribution < 1.29 is 4.79 Å². The molecule has 0 atom stereocenters. The van der Waals surface area contributed by atoms with Gasteiger partial charge in [0.1, 0.15) is 5.69 Å². The van der Waals surface area contributed by atoms with E-state index in [0.717, 1.165) is 46.7 Å². The van der Waals surface area contributed by atoms with Gasteiger partial charge in [0.2, 0.25) is 0 Å². The number of pyridine rings is 1. The number of aromatic nitrogens is 4. The van der Waals surface area contributed by atoms with Crippen LogP contribution in [0.15, 0.2) is 42.7 Å². The maximum Gasteiger partial charge on any atom is 0.254 e. The van der Waals surface area contributed by atoms with Crippen molar-refractivity contribution in [1.29, 1.82) is 0 Å². The fourth-order valence-electron chi connectivity index (χ4n) is 3.30. The molecule has 1 amide bonds. The standard InChI is InChI=1S/C19H19N5O/c1-3-9-23-12-15-10-14(6-7-17(15)19(23)25)18-13(2)24(22-21-18)16-5-4-8-20-11-16/h4-8,10-11H,3,9,12H2,1-2H3. The first-order chi connectivity index (χ1) is 12.2. The Balaban J connectivity index is 1.70. The zero-order valence-corrected chi connectivity index (χ0v) is 14.3. The van der Waals surface area contributed by atoms with Crippen LogP contribution in [0.4, 0.5) is 0 Å². The summed E-state index contributed by atoms with van der Waals surface area (Å²) in [5.41, 5.74) is 5.50. The largest absolute Gasteiger partial charge is 0.334 e. The van der Waals surface area contributed by atoms with Crippen LogP contribution in [0.5, 0.6) is 0 Å². The molecule has 6 nitrogen and oxygen atoms in total. The average molecular weight is 333 g/mol. The number of hydrogen-bond acceptors (Lipinski definition) is 4. The van der Waals surface area contributed by atoms with Crippen molar-refractivity contribution in [3.05, 3.63) is 59.5 Å². The third-order valence-electron chi connectivity index (χ3n) is 4.54. The second-order valence-electron chi connectivity index (χ2n) is 6.25. The van der Waals surface area contributed by atoms with Crippen LogP contribution < -0.4 is 0 Å². The second kappa shape index (κ2) is 6.12. The molecule has 1 aromatic carbocycles. The molecule has 0 unspecified atom stereocenters. The minimum absolute atomic E-state index is 0.124. The van der Waals surface area contributed by atoms with Crippen LogP contribution in [-0.2, 0) is 6.54 Å². The summed E-state index contributed by atoms with van der Waals surface area (Å²) in [6, 6.07) is 9.75. The quantitative estimate of drug-likeness (QED) is 0.736. The van der Waals surface area contributed by atoms with E-state index >= 15 is 0 Å². The predicted octanol–water partition coefficient (Wildman–Crippen LogP) is 3.00. The first kappa shape index (κ1) is 15.5. The van der Waals surface area contributed by atoms with Crippen LogP contribution >= 0.6 is 0 Å². The first-order valence-corrected chi connectivity index (χ1v) is 8.44. The Hall–Kier alpha value is -3.02. The van der Waals surface area contributed by atoms with Gasteiger partial charge in [-0.15, -0.1) is 5.10 Å². The summed E-state index contributed by atoms with van der Waals surface area (Å²) >= 11 is 0. The maximum atomic E-state index is 12.4. The van der Waals surface area contributed by atoms with Gasteiger partial charge in [0.15, 0.2) is 0 Å². The number of carbonyl (C=O) groups excluding carboxylic acids is 1. The predicted molar refractivity (Wildman–Crippen MR) is 94.4 cm³/mol. The highest BCUT2D eigenvalue weighted by Crippen LogP contribution is 2.29. The molecule has 1 aliphatic rings. The fourth-order valence-corrected chi connectivity index (χ4v) is 3.30. The van der Waals surface area contributed by atoms with Gasteiger partial charge < -0.3 is 4.90 Å². The van der Waals surface area contributed by atoms with Gasteiger partial charge in [-0.3, -0.25) is 9.78 Å². The second-order valence-corrected chi connectivity index (χ2v) is 6.25. The highest BCUT2D eigenvalue weighted by Gasteiger charge is 2.27. The molecular weight excluding hydrogens is 314 g/mol. The van der Waals surface area contributed by atoms with E-state index in [1.165, 1.54) is 0 Å². The Kier molecular flexibility index (Phi) is 3.80. The molecule has 0 bridgehead atoms. The Morgan fingerprint density at radius 1 is 1.24 bits per heavy atom. The van der Waals surface area contributed by atoms with Crippen molar-refractivity contribution >= 4 is 5.91 Å². The molecule has 3 heterocycles. The summed E-state index contributed by atoms with van der Waals surface area (Å²) < 4.78 is 1.78. The van der Waals surface area contributed by atoms with Crippen molar-refractivity contribution in [2.45, 2.75) is 26.8 Å². The van der Waals surface area contributed by atoms with E-state index in [9.17, 15) is 4.79 Å². The van der Waals surface area contributed by atoms with E-state index in [1.54, 1.807) is 17.1 Å². The topological polar surface area (TPSA) is 63.9 Å². The molecule has 0 saturated carbocycles. The summed E-state index contributed by atoms with van der Waals surface area (Å²) in [5, 5.41) is 8.61. The van der Waals surface area contributed by atoms with Gasteiger partial charge in [0, 0.05) is 30.4 Å². The molecule has 2 aromatic heterocycles. The van der Waals surface area contributed by atoms with Crippen molar-refractivity contribution in [3.63, 3.8) is 0 Å². The van der Waals surface area contributed by atoms with Crippen LogP contribution in [0.2, 0.25) is 0 Å². The lowest BCUT2D eigenvalue weighted by Gasteiger charge is -2.13. The molecule has 0 radical (unpaired) electrons. The van der Waals surface area contributed by atoms with Gasteiger partial charge >= 0.3 is 0 Å². The summed E-state index contributed by atoms with van der Waals surface area (Å²) in [6.45, 7) is 5.54. The van der Waals surface area contributed by atoms with E-state index in [-0.39, 0.29) is 5.91 Å². The zero-order chi connectivity index (χ0) is 17.4. The third-order valence-corrected chi connectivity index (χ3v) is 4.54. The number of fused-ring (bicyclic) bond motifs is 1. The fraction of sp³-hybridized carbons (Fsp3) is 0.263. The minimum atomic E-state index is 0.124. The van der Waals surface area contributed by atoms with Gasteiger partial charge in [0.05, 0.1) is 17.6 Å². The first-order valence-electron chi connectivity index (χ1n) is 8.44. The molecule has 0 aliphatic carbocycles. The van der Waals surface area contributed by atoms with E-state index < -0.39 is 0 Å². The number of carbonyl (C=O) groups is 1. The lowest BCUT2D eigenvalue weighted by molar-refractivity contribution is 0.0778. The summed E-state index contributed by atoms with van der Waals surface area (Å²) in [7, 11) is 0. The summed E-state index contributed by atoms with van der Waals surface area (Å²) in [4.78, 5) is 18.4. The summed E-state index contributed by atoms with van der Waals surface area (Å²) in [5.74, 6) is 0.124. The average Bonchev–Trinajstić information content (AvgIpc) is 3.16. The molecule has 3 aromatic rings. The van der Waals surface area contributed by atoms with Gasteiger partial charge in [-0.2, -0.15) is 0 Å². The van der Waals surface area contributed by atoms with Crippen molar-refractivity contribution in [1.82, 2.24) is 24.9 Å². The minimum Gasteiger partial charge on any atom is -0.334 e. The van der Waals surface area contributed by atoms with Crippen LogP contribution in [0.3, 0.4) is 0 Å². The van der Waals surface area contributed by atoms with Gasteiger partial charge in [0.25, 0.3) is 5.91 Å². The van der Waals surface area contributed by atoms with Gasteiger partial charge in [-0.25, -0.2) is 4.68 Å². The lowest BCUT2D eigenvalue weighted by Crippen LogP contribution is -2.24.